The molecule has 0 aromatic carbocycles. The Morgan fingerprint density at radius 3 is 2.68 bits per heavy atom. The molecule has 0 aromatic rings. The Morgan fingerprint density at radius 2 is 2.16 bits per heavy atom. The third kappa shape index (κ3) is 3.62. The van der Waals surface area contributed by atoms with Gasteiger partial charge in [0, 0.05) is 6.54 Å². The molecule has 0 radical (unpaired) electrons. The van der Waals surface area contributed by atoms with Crippen molar-refractivity contribution in [2.24, 2.45) is 0 Å². The van der Waals surface area contributed by atoms with Crippen LogP contribution in [-0.4, -0.2) is 53.6 Å². The molecule has 1 atom stereocenters. The van der Waals surface area contributed by atoms with Gasteiger partial charge in [-0.15, -0.1) is 0 Å². The van der Waals surface area contributed by atoms with Crippen LogP contribution in [0.25, 0.3) is 0 Å². The van der Waals surface area contributed by atoms with E-state index in [1.807, 2.05) is 0 Å². The largest absolute Gasteiger partial charge is 0.479 e. The van der Waals surface area contributed by atoms with Gasteiger partial charge < -0.3 is 14.7 Å². The predicted molar refractivity (Wildman–Crippen MR) is 63.0 cm³/mol. The lowest BCUT2D eigenvalue weighted by Crippen LogP contribution is -2.52. The summed E-state index contributed by atoms with van der Waals surface area (Å²) in [4.78, 5) is 24.7. The molecular weight excluding hydrogens is 260 g/mol. The minimum Gasteiger partial charge on any atom is -0.479 e. The van der Waals surface area contributed by atoms with Crippen molar-refractivity contribution < 1.29 is 28.2 Å². The van der Waals surface area contributed by atoms with E-state index in [4.69, 9.17) is 0 Å². The van der Waals surface area contributed by atoms with E-state index >= 15 is 0 Å². The quantitative estimate of drug-likeness (QED) is 0.717. The van der Waals surface area contributed by atoms with Gasteiger partial charge in [0.15, 0.2) is 0 Å². The highest BCUT2D eigenvalue weighted by Crippen LogP contribution is 2.33. The summed E-state index contributed by atoms with van der Waals surface area (Å²) >= 11 is 0. The zero-order chi connectivity index (χ0) is 14.5. The molecule has 7 heteroatoms. The van der Waals surface area contributed by atoms with Gasteiger partial charge in [0.25, 0.3) is 6.43 Å². The number of nitrogens with zero attached hydrogens (tertiary/aromatic N) is 1. The Morgan fingerprint density at radius 1 is 1.47 bits per heavy atom. The molecule has 1 unspecified atom stereocenters. The minimum absolute atomic E-state index is 0.0677. The van der Waals surface area contributed by atoms with Crippen LogP contribution < -0.4 is 0 Å². The highest BCUT2D eigenvalue weighted by Gasteiger charge is 2.48. The fraction of sp³-hybridized carbons (Fsp3) is 0.833. The first-order valence-electron chi connectivity index (χ1n) is 6.34. The Labute approximate surface area is 110 Å². The first-order chi connectivity index (χ1) is 8.94. The van der Waals surface area contributed by atoms with Gasteiger partial charge in [-0.1, -0.05) is 6.92 Å². The first-order valence-corrected chi connectivity index (χ1v) is 6.34. The lowest BCUT2D eigenvalue weighted by atomic mass is 9.93. The van der Waals surface area contributed by atoms with Crippen LogP contribution in [0.4, 0.5) is 8.78 Å². The van der Waals surface area contributed by atoms with Crippen molar-refractivity contribution in [1.29, 1.82) is 0 Å². The number of carboxylic acids is 1. The molecule has 1 aliphatic heterocycles. The molecular formula is C12H19F2NO4. The van der Waals surface area contributed by atoms with Crippen molar-refractivity contribution in [1.82, 2.24) is 4.90 Å². The number of carbonyl (C=O) groups excluding carboxylic acids is 1. The fourth-order valence-electron chi connectivity index (χ4n) is 2.45. The van der Waals surface area contributed by atoms with E-state index in [9.17, 15) is 23.5 Å². The van der Waals surface area contributed by atoms with Crippen LogP contribution >= 0.6 is 0 Å². The number of halogens is 2. The van der Waals surface area contributed by atoms with Crippen molar-refractivity contribution >= 4 is 11.9 Å². The first kappa shape index (κ1) is 15.8. The average molecular weight is 279 g/mol. The van der Waals surface area contributed by atoms with E-state index in [0.717, 1.165) is 0 Å². The highest BCUT2D eigenvalue weighted by molar-refractivity contribution is 5.87. The summed E-state index contributed by atoms with van der Waals surface area (Å²) in [5.74, 6) is -1.36. The minimum atomic E-state index is -2.56. The number of hydrogen-bond donors (Lipinski definition) is 1. The summed E-state index contributed by atoms with van der Waals surface area (Å²) in [6.07, 6.45) is -1.21. The normalized spacial score (nSPS) is 23.1. The average Bonchev–Trinajstić information content (AvgIpc) is 2.79. The molecule has 1 aliphatic rings. The zero-order valence-electron chi connectivity index (χ0n) is 10.9. The predicted octanol–water partition coefficient (Wildman–Crippen LogP) is 1.51. The number of rotatable bonds is 7. The molecule has 1 saturated heterocycles. The van der Waals surface area contributed by atoms with E-state index < -0.39 is 24.5 Å². The number of carboxylic acid groups (broad SMARTS) is 1. The molecule has 1 fully saturated rings. The molecule has 0 bridgehead atoms. The zero-order valence-corrected chi connectivity index (χ0v) is 10.9. The van der Waals surface area contributed by atoms with Gasteiger partial charge in [0.1, 0.15) is 12.1 Å². The lowest BCUT2D eigenvalue weighted by molar-refractivity contribution is -0.157. The summed E-state index contributed by atoms with van der Waals surface area (Å²) in [6.45, 7) is 1.31. The molecule has 1 N–H and O–H groups in total. The Balaban J connectivity index is 2.53. The van der Waals surface area contributed by atoms with E-state index in [1.165, 1.54) is 4.90 Å². The third-order valence-electron chi connectivity index (χ3n) is 3.48. The molecule has 0 spiro atoms. The summed E-state index contributed by atoms with van der Waals surface area (Å²) in [7, 11) is 0. The maximum atomic E-state index is 12.0. The lowest BCUT2D eigenvalue weighted by Gasteiger charge is -2.34. The second-order valence-electron chi connectivity index (χ2n) is 4.56. The standard InChI is InChI=1S/C12H19F2NO4/c1-2-12(11(17)18)5-3-6-15(12)10(16)4-7-19-8-9(13)14/h9H,2-8H2,1H3,(H,17,18). The van der Waals surface area contributed by atoms with E-state index in [0.29, 0.717) is 25.8 Å². The van der Waals surface area contributed by atoms with Crippen LogP contribution in [0, 0.1) is 0 Å². The molecule has 110 valence electrons. The molecule has 5 nitrogen and oxygen atoms in total. The van der Waals surface area contributed by atoms with Crippen molar-refractivity contribution in [3.8, 4) is 0 Å². The van der Waals surface area contributed by atoms with Crippen LogP contribution in [0.5, 0.6) is 0 Å². The van der Waals surface area contributed by atoms with Gasteiger partial charge >= 0.3 is 5.97 Å². The van der Waals surface area contributed by atoms with Gasteiger partial charge in [-0.05, 0) is 19.3 Å². The topological polar surface area (TPSA) is 66.8 Å². The van der Waals surface area contributed by atoms with Crippen molar-refractivity contribution in [3.05, 3.63) is 0 Å². The second-order valence-corrected chi connectivity index (χ2v) is 4.56. The van der Waals surface area contributed by atoms with E-state index in [2.05, 4.69) is 4.74 Å². The third-order valence-corrected chi connectivity index (χ3v) is 3.48. The number of alkyl halides is 2. The maximum absolute atomic E-state index is 12.0. The van der Waals surface area contributed by atoms with Crippen LogP contribution in [0.3, 0.4) is 0 Å². The summed E-state index contributed by atoms with van der Waals surface area (Å²) < 4.78 is 28.3. The number of carbonyl (C=O) groups is 2. The molecule has 0 saturated carbocycles. The van der Waals surface area contributed by atoms with Crippen LogP contribution in [0.15, 0.2) is 0 Å². The van der Waals surface area contributed by atoms with Gasteiger partial charge in [-0.3, -0.25) is 4.79 Å². The summed E-state index contributed by atoms with van der Waals surface area (Å²) in [5.41, 5.74) is -1.14. The van der Waals surface area contributed by atoms with Gasteiger partial charge in [-0.25, -0.2) is 13.6 Å². The fourth-order valence-corrected chi connectivity index (χ4v) is 2.45. The molecule has 19 heavy (non-hydrogen) atoms. The molecule has 0 aliphatic carbocycles. The van der Waals surface area contributed by atoms with Gasteiger partial charge in [-0.2, -0.15) is 0 Å². The smallest absolute Gasteiger partial charge is 0.329 e. The van der Waals surface area contributed by atoms with E-state index in [1.54, 1.807) is 6.92 Å². The Kier molecular flexibility index (Phi) is 5.65. The van der Waals surface area contributed by atoms with Gasteiger partial charge in [0.2, 0.25) is 5.91 Å². The SMILES string of the molecule is CCC1(C(=O)O)CCCN1C(=O)CCOCC(F)F. The van der Waals surface area contributed by atoms with Crippen LogP contribution in [0.2, 0.25) is 0 Å². The summed E-state index contributed by atoms with van der Waals surface area (Å²) in [5, 5.41) is 9.30. The number of amides is 1. The number of ether oxygens (including phenoxy) is 1. The molecule has 1 amide bonds. The van der Waals surface area contributed by atoms with Gasteiger partial charge in [0.05, 0.1) is 13.0 Å². The van der Waals surface area contributed by atoms with Crippen molar-refractivity contribution in [2.75, 3.05) is 19.8 Å². The Hall–Kier alpha value is -1.24. The number of aliphatic carboxylic acids is 1. The molecule has 1 rings (SSSR count). The Bertz CT molecular complexity index is 338. The maximum Gasteiger partial charge on any atom is 0.329 e. The van der Waals surface area contributed by atoms with E-state index in [-0.39, 0.29) is 18.9 Å². The monoisotopic (exact) mass is 279 g/mol. The number of hydrogen-bond acceptors (Lipinski definition) is 3. The summed E-state index contributed by atoms with van der Waals surface area (Å²) in [6, 6.07) is 0. The highest BCUT2D eigenvalue weighted by atomic mass is 19.3. The van der Waals surface area contributed by atoms with Crippen molar-refractivity contribution in [3.63, 3.8) is 0 Å². The van der Waals surface area contributed by atoms with Crippen LogP contribution in [-0.2, 0) is 14.3 Å². The molecule has 0 aromatic heterocycles. The number of likely N-dealkylation sites (tertiary alicyclic amines) is 1. The van der Waals surface area contributed by atoms with Crippen LogP contribution in [0.1, 0.15) is 32.6 Å². The van der Waals surface area contributed by atoms with Crippen molar-refractivity contribution in [2.45, 2.75) is 44.6 Å². The second kappa shape index (κ2) is 6.79. The molecule has 1 heterocycles.